The van der Waals surface area contributed by atoms with Crippen molar-refractivity contribution in [1.82, 2.24) is 10.2 Å². The summed E-state index contributed by atoms with van der Waals surface area (Å²) < 4.78 is 0. The van der Waals surface area contributed by atoms with Crippen LogP contribution in [0.3, 0.4) is 0 Å². The zero-order chi connectivity index (χ0) is 15.6. The second-order valence-corrected chi connectivity index (χ2v) is 6.49. The van der Waals surface area contributed by atoms with E-state index >= 15 is 0 Å². The molecule has 2 atom stereocenters. The minimum atomic E-state index is -0.595. The van der Waals surface area contributed by atoms with Gasteiger partial charge in [-0.2, -0.15) is 0 Å². The van der Waals surface area contributed by atoms with Crippen LogP contribution in [0, 0.1) is 11.8 Å². The number of rotatable bonds is 4. The molecule has 1 aromatic carbocycles. The fraction of sp³-hybridized carbons (Fsp3) is 0.588. The van der Waals surface area contributed by atoms with Crippen molar-refractivity contribution in [2.75, 3.05) is 20.1 Å². The molecule has 1 aliphatic heterocycles. The monoisotopic (exact) mass is 290 g/mol. The molecule has 116 valence electrons. The minimum absolute atomic E-state index is 0.0643. The number of likely N-dealkylation sites (tertiary alicyclic amines) is 1. The lowest BCUT2D eigenvalue weighted by atomic mass is 9.82. The molecule has 0 unspecified atom stereocenters. The molecular formula is C17H26N2O2. The van der Waals surface area contributed by atoms with E-state index in [9.17, 15) is 9.90 Å². The Hall–Kier alpha value is -1.39. The summed E-state index contributed by atoms with van der Waals surface area (Å²) in [5.74, 6) is 0.473. The molecule has 0 aliphatic carbocycles. The predicted molar refractivity (Wildman–Crippen MR) is 84.1 cm³/mol. The van der Waals surface area contributed by atoms with Crippen molar-refractivity contribution >= 4 is 5.91 Å². The summed E-state index contributed by atoms with van der Waals surface area (Å²) in [6.07, 6.45) is 0. The van der Waals surface area contributed by atoms with E-state index in [1.54, 1.807) is 7.05 Å². The average Bonchev–Trinajstić information content (AvgIpc) is 2.75. The number of nitrogens with one attached hydrogen (secondary N) is 1. The Morgan fingerprint density at radius 2 is 2.05 bits per heavy atom. The van der Waals surface area contributed by atoms with E-state index in [0.29, 0.717) is 12.1 Å². The van der Waals surface area contributed by atoms with Crippen molar-refractivity contribution in [1.29, 1.82) is 0 Å². The largest absolute Gasteiger partial charge is 0.388 e. The molecule has 1 saturated heterocycles. The molecule has 4 nitrogen and oxygen atoms in total. The molecule has 0 bridgehead atoms. The zero-order valence-electron chi connectivity index (χ0n) is 13.4. The summed E-state index contributed by atoms with van der Waals surface area (Å²) in [6, 6.07) is 7.68. The first-order valence-electron chi connectivity index (χ1n) is 7.62. The molecule has 0 spiro atoms. The first-order chi connectivity index (χ1) is 9.86. The lowest BCUT2D eigenvalue weighted by Gasteiger charge is -2.31. The molecule has 0 aromatic heterocycles. The highest BCUT2D eigenvalue weighted by Crippen LogP contribution is 2.34. The Morgan fingerprint density at radius 1 is 1.43 bits per heavy atom. The summed E-state index contributed by atoms with van der Waals surface area (Å²) >= 11 is 0. The maximum Gasteiger partial charge on any atom is 0.251 e. The maximum absolute atomic E-state index is 11.5. The maximum atomic E-state index is 11.5. The third kappa shape index (κ3) is 3.27. The van der Waals surface area contributed by atoms with Gasteiger partial charge in [0.2, 0.25) is 0 Å². The molecule has 1 heterocycles. The van der Waals surface area contributed by atoms with E-state index in [0.717, 1.165) is 13.1 Å². The van der Waals surface area contributed by atoms with E-state index in [1.165, 1.54) is 5.56 Å². The lowest BCUT2D eigenvalue weighted by Crippen LogP contribution is -2.42. The predicted octanol–water partition coefficient (Wildman–Crippen LogP) is 1.88. The van der Waals surface area contributed by atoms with Crippen LogP contribution in [0.4, 0.5) is 0 Å². The highest BCUT2D eigenvalue weighted by atomic mass is 16.3. The van der Waals surface area contributed by atoms with Gasteiger partial charge >= 0.3 is 0 Å². The van der Waals surface area contributed by atoms with Gasteiger partial charge in [-0.3, -0.25) is 9.69 Å². The molecule has 1 aliphatic rings. The normalized spacial score (nSPS) is 26.3. The van der Waals surface area contributed by atoms with Gasteiger partial charge in [0.15, 0.2) is 0 Å². The molecule has 1 fully saturated rings. The van der Waals surface area contributed by atoms with Crippen LogP contribution >= 0.6 is 0 Å². The molecule has 0 radical (unpaired) electrons. The first kappa shape index (κ1) is 16.0. The van der Waals surface area contributed by atoms with Crippen LogP contribution in [0.25, 0.3) is 0 Å². The van der Waals surface area contributed by atoms with Gasteiger partial charge in [0.1, 0.15) is 0 Å². The van der Waals surface area contributed by atoms with Gasteiger partial charge in [-0.15, -0.1) is 0 Å². The number of hydrogen-bond acceptors (Lipinski definition) is 3. The SMILES string of the molecule is CNC(=O)c1ccc(CN2C[C@@H](C)[C@](O)(C(C)C)C2)cc1. The lowest BCUT2D eigenvalue weighted by molar-refractivity contribution is -0.0255. The van der Waals surface area contributed by atoms with Crippen LogP contribution in [0.15, 0.2) is 24.3 Å². The number of hydrogen-bond donors (Lipinski definition) is 2. The van der Waals surface area contributed by atoms with Crippen LogP contribution in [-0.4, -0.2) is 41.7 Å². The number of β-amino-alcohol motifs (C(OH)–C–C–N with tert-alkyl or cyclic N) is 1. The highest BCUT2D eigenvalue weighted by Gasteiger charge is 2.44. The molecule has 0 saturated carbocycles. The van der Waals surface area contributed by atoms with Crippen molar-refractivity contribution < 1.29 is 9.90 Å². The summed E-state index contributed by atoms with van der Waals surface area (Å²) in [4.78, 5) is 13.8. The van der Waals surface area contributed by atoms with Gasteiger partial charge in [-0.1, -0.05) is 32.9 Å². The average molecular weight is 290 g/mol. The molecule has 1 aromatic rings. The van der Waals surface area contributed by atoms with Gasteiger partial charge in [0.25, 0.3) is 5.91 Å². The van der Waals surface area contributed by atoms with Gasteiger partial charge < -0.3 is 10.4 Å². The molecular weight excluding hydrogens is 264 g/mol. The molecule has 2 rings (SSSR count). The quantitative estimate of drug-likeness (QED) is 0.890. The van der Waals surface area contributed by atoms with Crippen molar-refractivity contribution in [3.63, 3.8) is 0 Å². The summed E-state index contributed by atoms with van der Waals surface area (Å²) in [7, 11) is 1.63. The van der Waals surface area contributed by atoms with Gasteiger partial charge in [0, 0.05) is 32.2 Å². The van der Waals surface area contributed by atoms with E-state index in [2.05, 4.69) is 31.0 Å². The number of benzene rings is 1. The fourth-order valence-electron chi connectivity index (χ4n) is 3.16. The third-order valence-electron chi connectivity index (χ3n) is 4.71. The first-order valence-corrected chi connectivity index (χ1v) is 7.62. The van der Waals surface area contributed by atoms with Crippen molar-refractivity contribution in [2.45, 2.75) is 32.9 Å². The van der Waals surface area contributed by atoms with Crippen molar-refractivity contribution in [3.05, 3.63) is 35.4 Å². The van der Waals surface area contributed by atoms with Gasteiger partial charge in [-0.25, -0.2) is 0 Å². The Balaban J connectivity index is 2.02. The number of nitrogens with zero attached hydrogens (tertiary/aromatic N) is 1. The van der Waals surface area contributed by atoms with Crippen molar-refractivity contribution in [2.24, 2.45) is 11.8 Å². The van der Waals surface area contributed by atoms with E-state index < -0.39 is 5.60 Å². The van der Waals surface area contributed by atoms with Crippen LogP contribution in [0.1, 0.15) is 36.7 Å². The fourth-order valence-corrected chi connectivity index (χ4v) is 3.16. The number of carbonyl (C=O) groups excluding carboxylic acids is 1. The third-order valence-corrected chi connectivity index (χ3v) is 4.71. The summed E-state index contributed by atoms with van der Waals surface area (Å²) in [6.45, 7) is 8.72. The molecule has 4 heteroatoms. The Bertz CT molecular complexity index is 498. The Kier molecular flexibility index (Phi) is 4.69. The van der Waals surface area contributed by atoms with E-state index in [4.69, 9.17) is 0 Å². The number of aliphatic hydroxyl groups is 1. The van der Waals surface area contributed by atoms with E-state index in [1.807, 2.05) is 24.3 Å². The zero-order valence-corrected chi connectivity index (χ0v) is 13.4. The second-order valence-electron chi connectivity index (χ2n) is 6.49. The number of amides is 1. The van der Waals surface area contributed by atoms with Gasteiger partial charge in [0.05, 0.1) is 5.60 Å². The van der Waals surface area contributed by atoms with Gasteiger partial charge in [-0.05, 0) is 29.5 Å². The second kappa shape index (κ2) is 6.16. The van der Waals surface area contributed by atoms with Crippen LogP contribution < -0.4 is 5.32 Å². The summed E-state index contributed by atoms with van der Waals surface area (Å²) in [5.41, 5.74) is 1.25. The van der Waals surface area contributed by atoms with Crippen LogP contribution in [0.5, 0.6) is 0 Å². The standard InChI is InChI=1S/C17H26N2O2/c1-12(2)17(21)11-19(9-13(17)3)10-14-5-7-15(8-6-14)16(20)18-4/h5-8,12-13,21H,9-11H2,1-4H3,(H,18,20)/t13-,17-/m1/s1. The van der Waals surface area contributed by atoms with Crippen LogP contribution in [-0.2, 0) is 6.54 Å². The Morgan fingerprint density at radius 3 is 2.52 bits per heavy atom. The molecule has 1 amide bonds. The topological polar surface area (TPSA) is 52.6 Å². The molecule has 21 heavy (non-hydrogen) atoms. The van der Waals surface area contributed by atoms with E-state index in [-0.39, 0.29) is 17.7 Å². The Labute approximate surface area is 127 Å². The highest BCUT2D eigenvalue weighted by molar-refractivity contribution is 5.93. The smallest absolute Gasteiger partial charge is 0.251 e. The minimum Gasteiger partial charge on any atom is -0.388 e. The summed E-state index contributed by atoms with van der Waals surface area (Å²) in [5, 5.41) is 13.4. The number of carbonyl (C=O) groups is 1. The van der Waals surface area contributed by atoms with Crippen LogP contribution in [0.2, 0.25) is 0 Å². The van der Waals surface area contributed by atoms with Crippen molar-refractivity contribution in [3.8, 4) is 0 Å². The molecule has 2 N–H and O–H groups in total.